The van der Waals surface area contributed by atoms with E-state index in [2.05, 4.69) is 0 Å². The van der Waals surface area contributed by atoms with Gasteiger partial charge in [-0.1, -0.05) is 32.1 Å². The van der Waals surface area contributed by atoms with Gasteiger partial charge in [-0.2, -0.15) is 13.2 Å². The van der Waals surface area contributed by atoms with Crippen molar-refractivity contribution in [3.05, 3.63) is 0 Å². The maximum Gasteiger partial charge on any atom is 0.389 e. The summed E-state index contributed by atoms with van der Waals surface area (Å²) < 4.78 is 35.9. The standard InChI is InChI=1S/C13H21F3O/c14-13(15,16)10-6-9-12(17)11-7-4-2-1-3-5-8-11/h11H,1-10H2. The average molecular weight is 250 g/mol. The van der Waals surface area contributed by atoms with Crippen molar-refractivity contribution < 1.29 is 18.0 Å². The van der Waals surface area contributed by atoms with Crippen molar-refractivity contribution in [3.63, 3.8) is 0 Å². The number of ketones is 1. The highest BCUT2D eigenvalue weighted by Gasteiger charge is 2.27. The fraction of sp³-hybridized carbons (Fsp3) is 0.923. The lowest BCUT2D eigenvalue weighted by molar-refractivity contribution is -0.137. The van der Waals surface area contributed by atoms with Crippen LogP contribution < -0.4 is 0 Å². The number of hydrogen-bond donors (Lipinski definition) is 0. The van der Waals surface area contributed by atoms with Gasteiger partial charge in [-0.25, -0.2) is 0 Å². The van der Waals surface area contributed by atoms with E-state index in [4.69, 9.17) is 0 Å². The van der Waals surface area contributed by atoms with Crippen LogP contribution in [0, 0.1) is 5.92 Å². The first-order chi connectivity index (χ1) is 7.99. The molecule has 0 atom stereocenters. The minimum absolute atomic E-state index is 0.0310. The van der Waals surface area contributed by atoms with Gasteiger partial charge in [0.1, 0.15) is 5.78 Å². The molecule has 0 aromatic rings. The Morgan fingerprint density at radius 3 is 2.06 bits per heavy atom. The fourth-order valence-corrected chi connectivity index (χ4v) is 2.45. The van der Waals surface area contributed by atoms with Crippen molar-refractivity contribution in [1.29, 1.82) is 0 Å². The van der Waals surface area contributed by atoms with Gasteiger partial charge in [-0.05, 0) is 19.3 Å². The van der Waals surface area contributed by atoms with Gasteiger partial charge in [-0.3, -0.25) is 4.79 Å². The van der Waals surface area contributed by atoms with E-state index < -0.39 is 12.6 Å². The van der Waals surface area contributed by atoms with Crippen molar-refractivity contribution in [2.75, 3.05) is 0 Å². The van der Waals surface area contributed by atoms with Gasteiger partial charge >= 0.3 is 6.18 Å². The zero-order valence-corrected chi connectivity index (χ0v) is 10.2. The number of halogens is 3. The highest BCUT2D eigenvalue weighted by atomic mass is 19.4. The van der Waals surface area contributed by atoms with Crippen LogP contribution in [-0.2, 0) is 4.79 Å². The van der Waals surface area contributed by atoms with E-state index in [-0.39, 0.29) is 24.5 Å². The number of hydrogen-bond acceptors (Lipinski definition) is 1. The first kappa shape index (κ1) is 14.5. The molecule has 0 spiro atoms. The Balaban J connectivity index is 2.25. The van der Waals surface area contributed by atoms with Crippen LogP contribution in [0.25, 0.3) is 0 Å². The van der Waals surface area contributed by atoms with E-state index in [0.29, 0.717) is 0 Å². The van der Waals surface area contributed by atoms with Crippen molar-refractivity contribution in [1.82, 2.24) is 0 Å². The van der Waals surface area contributed by atoms with Gasteiger partial charge in [0.05, 0.1) is 0 Å². The predicted octanol–water partition coefficient (Wildman–Crippen LogP) is 4.65. The van der Waals surface area contributed by atoms with Crippen LogP contribution in [0.15, 0.2) is 0 Å². The maximum atomic E-state index is 12.0. The third-order valence-electron chi connectivity index (χ3n) is 3.44. The molecular weight excluding hydrogens is 229 g/mol. The molecule has 0 aromatic carbocycles. The summed E-state index contributed by atoms with van der Waals surface area (Å²) in [6.45, 7) is 0. The summed E-state index contributed by atoms with van der Waals surface area (Å²) in [5, 5.41) is 0. The Morgan fingerprint density at radius 1 is 1.00 bits per heavy atom. The van der Waals surface area contributed by atoms with Crippen LogP contribution in [0.3, 0.4) is 0 Å². The number of alkyl halides is 3. The zero-order valence-electron chi connectivity index (χ0n) is 10.2. The number of Topliss-reactive ketones (excluding diaryl/α,β-unsaturated/α-hetero) is 1. The molecule has 4 heteroatoms. The molecule has 0 saturated heterocycles. The maximum absolute atomic E-state index is 12.0. The van der Waals surface area contributed by atoms with Crippen LogP contribution in [0.2, 0.25) is 0 Å². The molecule has 0 N–H and O–H groups in total. The Labute approximate surface area is 101 Å². The monoisotopic (exact) mass is 250 g/mol. The third-order valence-corrected chi connectivity index (χ3v) is 3.44. The van der Waals surface area contributed by atoms with E-state index in [1.807, 2.05) is 0 Å². The molecule has 0 heterocycles. The molecular formula is C13H21F3O. The lowest BCUT2D eigenvalue weighted by Gasteiger charge is -2.18. The summed E-state index contributed by atoms with van der Waals surface area (Å²) in [5.41, 5.74) is 0. The Bertz CT molecular complexity index is 227. The third kappa shape index (κ3) is 6.69. The molecule has 1 aliphatic carbocycles. The highest BCUT2D eigenvalue weighted by molar-refractivity contribution is 5.80. The van der Waals surface area contributed by atoms with E-state index in [9.17, 15) is 18.0 Å². The molecule has 0 bridgehead atoms. The van der Waals surface area contributed by atoms with Crippen LogP contribution in [0.4, 0.5) is 13.2 Å². The van der Waals surface area contributed by atoms with Crippen LogP contribution in [0.5, 0.6) is 0 Å². The summed E-state index contributed by atoms with van der Waals surface area (Å²) in [6.07, 6.45) is 2.52. The first-order valence-electron chi connectivity index (χ1n) is 6.58. The van der Waals surface area contributed by atoms with E-state index in [1.54, 1.807) is 0 Å². The lowest BCUT2D eigenvalue weighted by atomic mass is 9.86. The SMILES string of the molecule is O=C(CCCC(F)(F)F)C1CCCCCCC1. The highest BCUT2D eigenvalue weighted by Crippen LogP contribution is 2.26. The first-order valence-corrected chi connectivity index (χ1v) is 6.58. The molecule has 0 aliphatic heterocycles. The second-order valence-corrected chi connectivity index (χ2v) is 4.98. The fourth-order valence-electron chi connectivity index (χ4n) is 2.45. The van der Waals surface area contributed by atoms with Crippen molar-refractivity contribution in [2.24, 2.45) is 5.92 Å². The topological polar surface area (TPSA) is 17.1 Å². The molecule has 1 fully saturated rings. The average Bonchev–Trinajstić information content (AvgIpc) is 2.14. The minimum atomic E-state index is -4.12. The summed E-state index contributed by atoms with van der Waals surface area (Å²) >= 11 is 0. The van der Waals surface area contributed by atoms with Gasteiger partial charge in [0.2, 0.25) is 0 Å². The van der Waals surface area contributed by atoms with Crippen LogP contribution in [-0.4, -0.2) is 12.0 Å². The summed E-state index contributed by atoms with van der Waals surface area (Å²) in [7, 11) is 0. The van der Waals surface area contributed by atoms with E-state index in [1.165, 1.54) is 6.42 Å². The molecule has 0 amide bonds. The number of carbonyl (C=O) groups excluding carboxylic acids is 1. The molecule has 1 nitrogen and oxygen atoms in total. The van der Waals surface area contributed by atoms with Gasteiger partial charge in [-0.15, -0.1) is 0 Å². The van der Waals surface area contributed by atoms with Gasteiger partial charge in [0, 0.05) is 18.8 Å². The Morgan fingerprint density at radius 2 is 1.53 bits per heavy atom. The van der Waals surface area contributed by atoms with Gasteiger partial charge in [0.15, 0.2) is 0 Å². The van der Waals surface area contributed by atoms with Crippen molar-refractivity contribution in [3.8, 4) is 0 Å². The molecule has 0 radical (unpaired) electrons. The van der Waals surface area contributed by atoms with Crippen LogP contribution >= 0.6 is 0 Å². The van der Waals surface area contributed by atoms with Crippen molar-refractivity contribution >= 4 is 5.78 Å². The lowest BCUT2D eigenvalue weighted by Crippen LogP contribution is -2.17. The normalized spacial score (nSPS) is 19.7. The van der Waals surface area contributed by atoms with E-state index >= 15 is 0 Å². The summed E-state index contributed by atoms with van der Waals surface area (Å²) in [4.78, 5) is 11.8. The molecule has 17 heavy (non-hydrogen) atoms. The predicted molar refractivity (Wildman–Crippen MR) is 60.7 cm³/mol. The smallest absolute Gasteiger partial charge is 0.299 e. The van der Waals surface area contributed by atoms with Gasteiger partial charge in [0.25, 0.3) is 0 Å². The molecule has 100 valence electrons. The minimum Gasteiger partial charge on any atom is -0.299 e. The Kier molecular flexibility index (Phi) is 6.00. The second kappa shape index (κ2) is 7.02. The second-order valence-electron chi connectivity index (χ2n) is 4.98. The summed E-state index contributed by atoms with van der Waals surface area (Å²) in [6, 6.07) is 0. The van der Waals surface area contributed by atoms with E-state index in [0.717, 1.165) is 38.5 Å². The largest absolute Gasteiger partial charge is 0.389 e. The summed E-state index contributed by atoms with van der Waals surface area (Å²) in [5.74, 6) is 0.0830. The van der Waals surface area contributed by atoms with Gasteiger partial charge < -0.3 is 0 Å². The Hall–Kier alpha value is -0.540. The number of carbonyl (C=O) groups is 1. The zero-order chi connectivity index (χ0) is 12.7. The number of rotatable bonds is 4. The van der Waals surface area contributed by atoms with Crippen molar-refractivity contribution in [2.45, 2.75) is 70.4 Å². The quantitative estimate of drug-likeness (QED) is 0.709. The molecule has 0 aromatic heterocycles. The molecule has 1 saturated carbocycles. The molecule has 0 unspecified atom stereocenters. The molecule has 1 aliphatic rings. The molecule has 1 rings (SSSR count). The van der Waals surface area contributed by atoms with Crippen LogP contribution in [0.1, 0.15) is 64.2 Å².